The molecule has 4 atom stereocenters. The Bertz CT molecular complexity index is 909. The van der Waals surface area contributed by atoms with E-state index in [-0.39, 0.29) is 10.8 Å². The van der Waals surface area contributed by atoms with Crippen molar-refractivity contribution in [3.05, 3.63) is 59.2 Å². The lowest BCUT2D eigenvalue weighted by atomic mass is 9.48. The fraction of sp³-hybridized carbons (Fsp3) is 0.500. The second-order valence-corrected chi connectivity index (χ2v) is 9.25. The fourth-order valence-corrected chi connectivity index (χ4v) is 6.51. The molecular formula is C24H26FNO. The normalized spacial score (nSPS) is 37.6. The molecule has 1 heterocycles. The van der Waals surface area contributed by atoms with Gasteiger partial charge in [-0.2, -0.15) is 4.39 Å². The first-order valence-corrected chi connectivity index (χ1v) is 10.2. The van der Waals surface area contributed by atoms with Crippen LogP contribution in [0.25, 0.3) is 5.57 Å². The number of ketones is 1. The van der Waals surface area contributed by atoms with Crippen LogP contribution in [0.4, 0.5) is 4.39 Å². The molecule has 3 heteroatoms. The maximum absolute atomic E-state index is 13.3. The number of pyridine rings is 1. The van der Waals surface area contributed by atoms with Crippen molar-refractivity contribution in [3.63, 3.8) is 0 Å². The smallest absolute Gasteiger partial charge is 0.212 e. The number of carbonyl (C=O) groups is 1. The van der Waals surface area contributed by atoms with Crippen molar-refractivity contribution in [2.24, 2.45) is 22.7 Å². The number of allylic oxidation sites excluding steroid dienone is 6. The number of rotatable bonds is 1. The molecule has 4 aliphatic rings. The standard InChI is InChI=1S/C24H26FNO/c1-23-11-9-17(27)13-16(23)4-5-18-20-7-6-19(15-3-8-22(25)26-14-15)24(20,2)12-10-21(18)23/h3,6-8,13-14,18,21H,4-5,9-12H2,1-2H3/t18?,21?,23-,24+/m0/s1. The van der Waals surface area contributed by atoms with Crippen LogP contribution in [0.1, 0.15) is 57.9 Å². The quantitative estimate of drug-likeness (QED) is 0.602. The van der Waals surface area contributed by atoms with Crippen molar-refractivity contribution in [3.8, 4) is 0 Å². The Morgan fingerprint density at radius 3 is 2.74 bits per heavy atom. The highest BCUT2D eigenvalue weighted by Gasteiger charge is 2.54. The number of halogens is 1. The number of hydrogen-bond donors (Lipinski definition) is 0. The lowest BCUT2D eigenvalue weighted by molar-refractivity contribution is -0.116. The predicted molar refractivity (Wildman–Crippen MR) is 104 cm³/mol. The molecule has 0 amide bonds. The Morgan fingerprint density at radius 2 is 1.96 bits per heavy atom. The maximum Gasteiger partial charge on any atom is 0.212 e. The number of nitrogens with zero attached hydrogens (tertiary/aromatic N) is 1. The van der Waals surface area contributed by atoms with Crippen LogP contribution in [0.2, 0.25) is 0 Å². The van der Waals surface area contributed by atoms with Gasteiger partial charge in [0.15, 0.2) is 5.78 Å². The molecule has 27 heavy (non-hydrogen) atoms. The summed E-state index contributed by atoms with van der Waals surface area (Å²) < 4.78 is 13.3. The Kier molecular flexibility index (Phi) is 3.63. The van der Waals surface area contributed by atoms with Gasteiger partial charge in [-0.3, -0.25) is 4.79 Å². The SMILES string of the molecule is C[C@]12CCC3C(CCC4=CC(=O)CC[C@@]43C)C1=CC=C2c1ccc(F)nc1. The van der Waals surface area contributed by atoms with E-state index >= 15 is 0 Å². The third-order valence-corrected chi connectivity index (χ3v) is 8.04. The van der Waals surface area contributed by atoms with E-state index in [2.05, 4.69) is 31.0 Å². The van der Waals surface area contributed by atoms with Gasteiger partial charge in [-0.1, -0.05) is 37.1 Å². The Balaban J connectivity index is 1.48. The topological polar surface area (TPSA) is 30.0 Å². The summed E-state index contributed by atoms with van der Waals surface area (Å²) in [5.74, 6) is 1.10. The molecule has 2 saturated carbocycles. The molecule has 4 aliphatic carbocycles. The average molecular weight is 363 g/mol. The molecule has 1 aromatic heterocycles. The van der Waals surface area contributed by atoms with Gasteiger partial charge in [0, 0.05) is 18.0 Å². The molecule has 2 fully saturated rings. The van der Waals surface area contributed by atoms with Crippen molar-refractivity contribution in [2.75, 3.05) is 0 Å². The van der Waals surface area contributed by atoms with Crippen molar-refractivity contribution in [1.29, 1.82) is 0 Å². The summed E-state index contributed by atoms with van der Waals surface area (Å²) in [6.07, 6.45) is 14.4. The van der Waals surface area contributed by atoms with E-state index in [0.717, 1.165) is 31.2 Å². The van der Waals surface area contributed by atoms with Gasteiger partial charge in [0.25, 0.3) is 0 Å². The number of aromatic nitrogens is 1. The third kappa shape index (κ3) is 2.36. The first-order chi connectivity index (χ1) is 12.9. The third-order valence-electron chi connectivity index (χ3n) is 8.04. The van der Waals surface area contributed by atoms with Crippen molar-refractivity contribution < 1.29 is 9.18 Å². The molecule has 1 aromatic rings. The number of carbonyl (C=O) groups excluding carboxylic acids is 1. The minimum atomic E-state index is -0.425. The Hall–Kier alpha value is -2.03. The zero-order chi connectivity index (χ0) is 18.8. The van der Waals surface area contributed by atoms with E-state index in [0.29, 0.717) is 24.0 Å². The van der Waals surface area contributed by atoms with Crippen LogP contribution in [-0.2, 0) is 4.79 Å². The highest BCUT2D eigenvalue weighted by atomic mass is 19.1. The van der Waals surface area contributed by atoms with E-state index < -0.39 is 5.95 Å². The molecule has 0 spiro atoms. The van der Waals surface area contributed by atoms with Crippen molar-refractivity contribution in [1.82, 2.24) is 4.98 Å². The van der Waals surface area contributed by atoms with Gasteiger partial charge in [-0.15, -0.1) is 0 Å². The number of fused-ring (bicyclic) bond motifs is 5. The van der Waals surface area contributed by atoms with E-state index in [1.54, 1.807) is 11.8 Å². The minimum Gasteiger partial charge on any atom is -0.295 e. The molecule has 2 unspecified atom stereocenters. The molecule has 0 radical (unpaired) electrons. The van der Waals surface area contributed by atoms with Crippen LogP contribution in [0.5, 0.6) is 0 Å². The van der Waals surface area contributed by atoms with E-state index in [1.807, 2.05) is 12.1 Å². The summed E-state index contributed by atoms with van der Waals surface area (Å²) in [6.45, 7) is 4.76. The summed E-state index contributed by atoms with van der Waals surface area (Å²) in [5, 5.41) is 0. The lowest BCUT2D eigenvalue weighted by Gasteiger charge is -2.56. The van der Waals surface area contributed by atoms with Crippen LogP contribution in [0.3, 0.4) is 0 Å². The first-order valence-electron chi connectivity index (χ1n) is 10.2. The molecule has 2 nitrogen and oxygen atoms in total. The minimum absolute atomic E-state index is 0.0305. The summed E-state index contributed by atoms with van der Waals surface area (Å²) in [7, 11) is 0. The van der Waals surface area contributed by atoms with Gasteiger partial charge < -0.3 is 0 Å². The van der Waals surface area contributed by atoms with Crippen LogP contribution in [-0.4, -0.2) is 10.8 Å². The largest absolute Gasteiger partial charge is 0.295 e. The highest BCUT2D eigenvalue weighted by Crippen LogP contribution is 2.65. The molecule has 5 rings (SSSR count). The van der Waals surface area contributed by atoms with Gasteiger partial charge in [-0.05, 0) is 78.7 Å². The molecule has 0 aliphatic heterocycles. The monoisotopic (exact) mass is 363 g/mol. The van der Waals surface area contributed by atoms with Gasteiger partial charge in [0.1, 0.15) is 0 Å². The Morgan fingerprint density at radius 1 is 1.11 bits per heavy atom. The lowest BCUT2D eigenvalue weighted by Crippen LogP contribution is -2.47. The average Bonchev–Trinajstić information content (AvgIpc) is 3.00. The Labute approximate surface area is 160 Å². The van der Waals surface area contributed by atoms with E-state index in [9.17, 15) is 9.18 Å². The van der Waals surface area contributed by atoms with Gasteiger partial charge in [0.05, 0.1) is 0 Å². The molecular weight excluding hydrogens is 337 g/mol. The summed E-state index contributed by atoms with van der Waals surface area (Å²) in [6, 6.07) is 3.32. The maximum atomic E-state index is 13.3. The zero-order valence-electron chi connectivity index (χ0n) is 16.1. The highest BCUT2D eigenvalue weighted by molar-refractivity contribution is 5.91. The van der Waals surface area contributed by atoms with E-state index in [4.69, 9.17) is 0 Å². The predicted octanol–water partition coefficient (Wildman–Crippen LogP) is 5.67. The van der Waals surface area contributed by atoms with Crippen molar-refractivity contribution in [2.45, 2.75) is 52.4 Å². The fourth-order valence-electron chi connectivity index (χ4n) is 6.51. The summed E-state index contributed by atoms with van der Waals surface area (Å²) in [4.78, 5) is 15.8. The van der Waals surface area contributed by atoms with Crippen molar-refractivity contribution >= 4 is 11.4 Å². The second-order valence-electron chi connectivity index (χ2n) is 9.25. The molecule has 0 saturated heterocycles. The van der Waals surface area contributed by atoms with Crippen LogP contribution in [0.15, 0.2) is 47.7 Å². The van der Waals surface area contributed by atoms with Gasteiger partial charge in [-0.25, -0.2) is 4.98 Å². The summed E-state index contributed by atoms with van der Waals surface area (Å²) in [5.41, 5.74) is 5.48. The molecule has 0 bridgehead atoms. The molecule has 0 N–H and O–H groups in total. The van der Waals surface area contributed by atoms with E-state index in [1.165, 1.54) is 23.6 Å². The zero-order valence-corrected chi connectivity index (χ0v) is 16.1. The van der Waals surface area contributed by atoms with Gasteiger partial charge >= 0.3 is 0 Å². The van der Waals surface area contributed by atoms with Crippen LogP contribution in [0, 0.1) is 28.6 Å². The summed E-state index contributed by atoms with van der Waals surface area (Å²) >= 11 is 0. The molecule has 0 aromatic carbocycles. The van der Waals surface area contributed by atoms with Crippen LogP contribution >= 0.6 is 0 Å². The number of hydrogen-bond acceptors (Lipinski definition) is 2. The van der Waals surface area contributed by atoms with Gasteiger partial charge in [0.2, 0.25) is 5.95 Å². The first kappa shape index (κ1) is 17.1. The van der Waals surface area contributed by atoms with Crippen LogP contribution < -0.4 is 0 Å². The molecule has 140 valence electrons. The second kappa shape index (κ2) is 5.73.